The SMILES string of the molecule is CCC1C2C3C4CC5C6C7C(C)C8(C)C9(C)C%10(C)C(C)(C)C%11(C)C%12(C)C1(C)C21C32C54C63C78C94C%10%11C%121C324. The lowest BCUT2D eigenvalue weighted by Crippen LogP contribution is -3.52. The van der Waals surface area contributed by atoms with Gasteiger partial charge < -0.3 is 0 Å². The molecule has 16 aliphatic rings. The zero-order chi connectivity index (χ0) is 24.0. The van der Waals surface area contributed by atoms with Crippen molar-refractivity contribution in [2.75, 3.05) is 0 Å². The first-order valence-electron chi connectivity index (χ1n) is 16.8. The lowest BCUT2D eigenvalue weighted by molar-refractivity contribution is -1.08. The van der Waals surface area contributed by atoms with Crippen LogP contribution < -0.4 is 0 Å². The van der Waals surface area contributed by atoms with E-state index in [1.165, 1.54) is 41.9 Å². The molecule has 36 heavy (non-hydrogen) atoms. The van der Waals surface area contributed by atoms with Crippen molar-refractivity contribution in [3.63, 3.8) is 0 Å². The van der Waals surface area contributed by atoms with Crippen LogP contribution in [0.2, 0.25) is 0 Å². The van der Waals surface area contributed by atoms with E-state index in [0.717, 1.165) is 60.6 Å². The first-order valence-corrected chi connectivity index (χ1v) is 16.8. The van der Waals surface area contributed by atoms with Crippen LogP contribution in [-0.4, -0.2) is 0 Å². The van der Waals surface area contributed by atoms with Gasteiger partial charge in [0.2, 0.25) is 0 Å². The smallest absolute Gasteiger partial charge is 0.000787 e. The standard InChI is InChI=1S/C36H42/c1-11-14-18-20-16-12-15-19-17-13(2)22(5)26(9)24(7)21(3,4)25(8)27(10)23(14,6)30(18)32(20)28(15,16)31(19)29(17,22)34(26)33(24,25)35(27,30)36(31,32)34/h13-20H,11-12H2,1-10H3. The van der Waals surface area contributed by atoms with E-state index in [9.17, 15) is 0 Å². The van der Waals surface area contributed by atoms with E-state index in [1.807, 2.05) is 0 Å². The average Bonchev–Trinajstić information content (AvgIpc) is 2.78. The molecule has 0 heterocycles. The molecule has 0 aromatic heterocycles. The summed E-state index contributed by atoms with van der Waals surface area (Å²) < 4.78 is 0. The second kappa shape index (κ2) is 2.72. The van der Waals surface area contributed by atoms with E-state index in [1.54, 1.807) is 6.42 Å². The largest absolute Gasteiger partial charge is 0.0651 e. The number of hydrogen-bond donors (Lipinski definition) is 0. The van der Waals surface area contributed by atoms with Gasteiger partial charge >= 0.3 is 0 Å². The van der Waals surface area contributed by atoms with E-state index in [0.29, 0.717) is 37.9 Å². The molecule has 0 N–H and O–H groups in total. The van der Waals surface area contributed by atoms with Gasteiger partial charge in [-0.2, -0.15) is 0 Å². The van der Waals surface area contributed by atoms with Crippen molar-refractivity contribution < 1.29 is 0 Å². The highest BCUT2D eigenvalue weighted by Crippen LogP contribution is 3.55. The summed E-state index contributed by atoms with van der Waals surface area (Å²) in [7, 11) is 0. The van der Waals surface area contributed by atoms with Gasteiger partial charge in [-0.3, -0.25) is 0 Å². The van der Waals surface area contributed by atoms with Crippen LogP contribution in [0.4, 0.5) is 0 Å². The van der Waals surface area contributed by atoms with Crippen molar-refractivity contribution >= 4 is 0 Å². The van der Waals surface area contributed by atoms with Gasteiger partial charge in [-0.15, -0.1) is 0 Å². The molecule has 16 aliphatic carbocycles. The van der Waals surface area contributed by atoms with E-state index in [-0.39, 0.29) is 0 Å². The molecule has 9 spiro atoms. The molecule has 16 rings (SSSR count). The highest BCUT2D eigenvalue weighted by atomic mass is 15.6. The van der Waals surface area contributed by atoms with Gasteiger partial charge in [0.25, 0.3) is 0 Å². The van der Waals surface area contributed by atoms with Gasteiger partial charge in [-0.1, -0.05) is 75.7 Å². The highest BCUT2D eigenvalue weighted by Gasteiger charge is 3.53. The van der Waals surface area contributed by atoms with E-state index in [2.05, 4.69) is 69.2 Å². The molecule has 16 fully saturated rings. The fourth-order valence-corrected chi connectivity index (χ4v) is 30.5. The molecule has 16 saturated carbocycles. The van der Waals surface area contributed by atoms with Gasteiger partial charge in [-0.05, 0) is 140 Å². The zero-order valence-electron chi connectivity index (χ0n) is 24.0. The predicted molar refractivity (Wildman–Crippen MR) is 133 cm³/mol. The second-order valence-electron chi connectivity index (χ2n) is 21.0. The maximum absolute atomic E-state index is 3.01. The Morgan fingerprint density at radius 2 is 1.08 bits per heavy atom. The monoisotopic (exact) mass is 474 g/mol. The Labute approximate surface area is 215 Å². The molecule has 0 amide bonds. The van der Waals surface area contributed by atoms with Gasteiger partial charge in [-0.25, -0.2) is 0 Å². The highest BCUT2D eigenvalue weighted by molar-refractivity contribution is 5.98. The molecular weight excluding hydrogens is 432 g/mol. The first kappa shape index (κ1) is 17.0. The van der Waals surface area contributed by atoms with E-state index < -0.39 is 0 Å². The van der Waals surface area contributed by atoms with Crippen LogP contribution >= 0.6 is 0 Å². The van der Waals surface area contributed by atoms with Crippen LogP contribution in [0.3, 0.4) is 0 Å². The molecule has 0 saturated heterocycles. The third-order valence-corrected chi connectivity index (χ3v) is 26.8. The zero-order valence-corrected chi connectivity index (χ0v) is 24.0. The third-order valence-electron chi connectivity index (χ3n) is 26.8. The average molecular weight is 475 g/mol. The molecule has 186 valence electrons. The van der Waals surface area contributed by atoms with Crippen LogP contribution in [-0.2, 0) is 0 Å². The summed E-state index contributed by atoms with van der Waals surface area (Å²) >= 11 is 0. The van der Waals surface area contributed by atoms with E-state index in [4.69, 9.17) is 0 Å². The number of fused-ring (bicyclic) bond motifs is 8. The Balaban J connectivity index is 1.16. The van der Waals surface area contributed by atoms with Crippen LogP contribution in [0.15, 0.2) is 0 Å². The summed E-state index contributed by atoms with van der Waals surface area (Å²) in [6.07, 6.45) is 3.21. The van der Waals surface area contributed by atoms with Crippen molar-refractivity contribution in [1.82, 2.24) is 0 Å². The molecule has 0 nitrogen and oxygen atoms in total. The fraction of sp³-hybridized carbons (Fsp3) is 1.00. The molecule has 0 bridgehead atoms. The molecule has 23 atom stereocenters. The van der Waals surface area contributed by atoms with E-state index >= 15 is 0 Å². The quantitative estimate of drug-likeness (QED) is 0.388. The minimum Gasteiger partial charge on any atom is -0.0651 e. The summed E-state index contributed by atoms with van der Waals surface area (Å²) in [4.78, 5) is 0. The van der Waals surface area contributed by atoms with Crippen LogP contribution in [0.5, 0.6) is 0 Å². The van der Waals surface area contributed by atoms with Gasteiger partial charge in [0.05, 0.1) is 0 Å². The Bertz CT molecular complexity index is 1690. The molecule has 0 aromatic rings. The Kier molecular flexibility index (Phi) is 1.28. The minimum atomic E-state index is 0.491. The van der Waals surface area contributed by atoms with Crippen LogP contribution in [0, 0.1) is 134 Å². The second-order valence-corrected chi connectivity index (χ2v) is 21.0. The van der Waals surface area contributed by atoms with Crippen LogP contribution in [0.25, 0.3) is 0 Å². The number of hydrogen-bond acceptors (Lipinski definition) is 0. The fourth-order valence-electron chi connectivity index (χ4n) is 30.5. The predicted octanol–water partition coefficient (Wildman–Crippen LogP) is 6.90. The number of rotatable bonds is 1. The van der Waals surface area contributed by atoms with Crippen LogP contribution in [0.1, 0.15) is 82.1 Å². The summed E-state index contributed by atoms with van der Waals surface area (Å²) in [6, 6.07) is 0. The van der Waals surface area contributed by atoms with Gasteiger partial charge in [0, 0.05) is 0 Å². The van der Waals surface area contributed by atoms with Crippen molar-refractivity contribution in [1.29, 1.82) is 0 Å². The summed E-state index contributed by atoms with van der Waals surface area (Å²) in [5.41, 5.74) is 12.1. The Hall–Kier alpha value is 0. The summed E-state index contributed by atoms with van der Waals surface area (Å²) in [6.45, 7) is 28.9. The maximum atomic E-state index is 3.01. The lowest BCUT2D eigenvalue weighted by Gasteiger charge is -3.53. The van der Waals surface area contributed by atoms with Crippen molar-refractivity contribution in [2.24, 2.45) is 134 Å². The summed E-state index contributed by atoms with van der Waals surface area (Å²) in [5.74, 6) is 9.38. The van der Waals surface area contributed by atoms with Gasteiger partial charge in [0.15, 0.2) is 0 Å². The lowest BCUT2D eigenvalue weighted by atomic mass is 8.49. The molecule has 0 heteroatoms. The van der Waals surface area contributed by atoms with Crippen molar-refractivity contribution in [3.05, 3.63) is 0 Å². The first-order chi connectivity index (χ1) is 16.8. The molecule has 0 aromatic carbocycles. The molecular formula is C36H42. The molecule has 0 radical (unpaired) electrons. The maximum Gasteiger partial charge on any atom is -0.000787 e. The normalized spacial score (nSPS) is 108. The van der Waals surface area contributed by atoms with Crippen molar-refractivity contribution in [3.8, 4) is 0 Å². The van der Waals surface area contributed by atoms with Crippen molar-refractivity contribution in [2.45, 2.75) is 82.1 Å². The molecule has 23 unspecified atom stereocenters. The van der Waals surface area contributed by atoms with Gasteiger partial charge in [0.1, 0.15) is 0 Å². The molecule has 0 aliphatic heterocycles. The topological polar surface area (TPSA) is 0 Å². The Morgan fingerprint density at radius 3 is 1.67 bits per heavy atom. The summed E-state index contributed by atoms with van der Waals surface area (Å²) in [5, 5.41) is 0. The third kappa shape index (κ3) is 0.428. The minimum absolute atomic E-state index is 0.491. The Morgan fingerprint density at radius 1 is 0.556 bits per heavy atom.